The molecule has 3 rings (SSSR count). The quantitative estimate of drug-likeness (QED) is 0.624. The Morgan fingerprint density at radius 2 is 1.95 bits per heavy atom. The molecule has 0 radical (unpaired) electrons. The maximum absolute atomic E-state index is 11.7. The summed E-state index contributed by atoms with van der Waals surface area (Å²) in [7, 11) is 1.36. The molecule has 0 aliphatic carbocycles. The Morgan fingerprint density at radius 3 is 2.68 bits per heavy atom. The minimum absolute atomic E-state index is 0.376. The van der Waals surface area contributed by atoms with Crippen molar-refractivity contribution in [2.24, 2.45) is 0 Å². The minimum atomic E-state index is -0.376. The monoisotopic (exact) mass is 334 g/mol. The van der Waals surface area contributed by atoms with Crippen molar-refractivity contribution in [2.75, 3.05) is 7.11 Å². The van der Waals surface area contributed by atoms with E-state index in [9.17, 15) is 4.79 Å². The molecule has 0 atom stereocenters. The highest BCUT2D eigenvalue weighted by molar-refractivity contribution is 6.35. The van der Waals surface area contributed by atoms with Crippen molar-refractivity contribution >= 4 is 40.1 Å². The molecule has 0 unspecified atom stereocenters. The molecule has 112 valence electrons. The molecule has 0 saturated carbocycles. The molecule has 2 aromatic carbocycles. The van der Waals surface area contributed by atoms with Crippen LogP contribution in [-0.4, -0.2) is 13.1 Å². The zero-order chi connectivity index (χ0) is 15.7. The molecule has 1 aromatic heterocycles. The summed E-state index contributed by atoms with van der Waals surface area (Å²) in [5, 5.41) is 2.07. The molecule has 1 heterocycles. The van der Waals surface area contributed by atoms with Gasteiger partial charge in [0.15, 0.2) is 0 Å². The van der Waals surface area contributed by atoms with Gasteiger partial charge in [0, 0.05) is 27.4 Å². The maximum Gasteiger partial charge on any atom is 0.337 e. The van der Waals surface area contributed by atoms with Crippen LogP contribution in [0.3, 0.4) is 0 Å². The van der Waals surface area contributed by atoms with Crippen molar-refractivity contribution in [3.05, 3.63) is 69.4 Å². The highest BCUT2D eigenvalue weighted by Gasteiger charge is 2.12. The van der Waals surface area contributed by atoms with E-state index in [-0.39, 0.29) is 5.97 Å². The smallest absolute Gasteiger partial charge is 0.337 e. The molecule has 0 spiro atoms. The van der Waals surface area contributed by atoms with Crippen molar-refractivity contribution in [1.82, 2.24) is 0 Å². The Bertz CT molecular complexity index is 852. The molecule has 0 amide bonds. The standard InChI is InChI=1S/C17H12Cl2O3/c1-21-17(20)11-3-5-16-14(7-11)12(9-22-16)6-10-2-4-13(18)8-15(10)19/h2-5,7-9H,6H2,1H3. The van der Waals surface area contributed by atoms with Gasteiger partial charge in [-0.25, -0.2) is 4.79 Å². The number of carbonyl (C=O) groups excluding carboxylic acids is 1. The number of hydrogen-bond acceptors (Lipinski definition) is 3. The summed E-state index contributed by atoms with van der Waals surface area (Å²) >= 11 is 12.1. The summed E-state index contributed by atoms with van der Waals surface area (Å²) in [6.45, 7) is 0. The summed E-state index contributed by atoms with van der Waals surface area (Å²) in [4.78, 5) is 11.7. The first-order valence-corrected chi connectivity index (χ1v) is 7.36. The summed E-state index contributed by atoms with van der Waals surface area (Å²) < 4.78 is 10.3. The van der Waals surface area contributed by atoms with E-state index in [1.165, 1.54) is 7.11 Å². The van der Waals surface area contributed by atoms with Gasteiger partial charge in [-0.1, -0.05) is 29.3 Å². The highest BCUT2D eigenvalue weighted by atomic mass is 35.5. The molecule has 0 bridgehead atoms. The second-order valence-corrected chi connectivity index (χ2v) is 5.72. The topological polar surface area (TPSA) is 39.4 Å². The van der Waals surface area contributed by atoms with Crippen molar-refractivity contribution in [3.63, 3.8) is 0 Å². The van der Waals surface area contributed by atoms with Crippen LogP contribution in [0.5, 0.6) is 0 Å². The Kier molecular flexibility index (Phi) is 4.10. The van der Waals surface area contributed by atoms with Gasteiger partial charge in [-0.15, -0.1) is 0 Å². The van der Waals surface area contributed by atoms with Crippen molar-refractivity contribution in [1.29, 1.82) is 0 Å². The first-order valence-electron chi connectivity index (χ1n) is 6.61. The molecule has 0 saturated heterocycles. The van der Waals surface area contributed by atoms with Crippen LogP contribution in [0.4, 0.5) is 0 Å². The van der Waals surface area contributed by atoms with E-state index in [1.54, 1.807) is 36.6 Å². The van der Waals surface area contributed by atoms with Crippen LogP contribution in [0.25, 0.3) is 11.0 Å². The van der Waals surface area contributed by atoms with Crippen LogP contribution in [0.2, 0.25) is 10.0 Å². The van der Waals surface area contributed by atoms with Crippen LogP contribution >= 0.6 is 23.2 Å². The fourth-order valence-electron chi connectivity index (χ4n) is 2.33. The van der Waals surface area contributed by atoms with Crippen molar-refractivity contribution in [2.45, 2.75) is 6.42 Å². The zero-order valence-electron chi connectivity index (χ0n) is 11.7. The number of methoxy groups -OCH3 is 1. The first-order chi connectivity index (χ1) is 10.6. The lowest BCUT2D eigenvalue weighted by molar-refractivity contribution is 0.0601. The SMILES string of the molecule is COC(=O)c1ccc2occ(Cc3ccc(Cl)cc3Cl)c2c1. The lowest BCUT2D eigenvalue weighted by Crippen LogP contribution is -2.00. The van der Waals surface area contributed by atoms with Crippen LogP contribution in [0, 0.1) is 0 Å². The fraction of sp³-hybridized carbons (Fsp3) is 0.118. The lowest BCUT2D eigenvalue weighted by Gasteiger charge is -2.04. The Morgan fingerprint density at radius 1 is 1.14 bits per heavy atom. The Labute approximate surface area is 137 Å². The fourth-order valence-corrected chi connectivity index (χ4v) is 2.81. The van der Waals surface area contributed by atoms with Gasteiger partial charge in [0.25, 0.3) is 0 Å². The number of rotatable bonds is 3. The van der Waals surface area contributed by atoms with Crippen LogP contribution in [0.1, 0.15) is 21.5 Å². The van der Waals surface area contributed by atoms with E-state index < -0.39 is 0 Å². The normalized spacial score (nSPS) is 10.9. The van der Waals surface area contributed by atoms with Gasteiger partial charge in [-0.05, 0) is 35.9 Å². The maximum atomic E-state index is 11.7. The van der Waals surface area contributed by atoms with Gasteiger partial charge in [-0.3, -0.25) is 0 Å². The van der Waals surface area contributed by atoms with Crippen LogP contribution in [0.15, 0.2) is 47.1 Å². The zero-order valence-corrected chi connectivity index (χ0v) is 13.2. The number of halogens is 2. The number of esters is 1. The third kappa shape index (κ3) is 2.82. The Balaban J connectivity index is 2.01. The van der Waals surface area contributed by atoms with Gasteiger partial charge >= 0.3 is 5.97 Å². The van der Waals surface area contributed by atoms with Gasteiger partial charge in [-0.2, -0.15) is 0 Å². The Hall–Kier alpha value is -1.97. The number of furan rings is 1. The predicted molar refractivity (Wildman–Crippen MR) is 86.8 cm³/mol. The molecule has 0 fully saturated rings. The second kappa shape index (κ2) is 6.03. The predicted octanol–water partition coefficient (Wildman–Crippen LogP) is 5.12. The van der Waals surface area contributed by atoms with Gasteiger partial charge in [0.2, 0.25) is 0 Å². The largest absolute Gasteiger partial charge is 0.465 e. The van der Waals surface area contributed by atoms with E-state index >= 15 is 0 Å². The third-order valence-corrected chi connectivity index (χ3v) is 4.06. The number of fused-ring (bicyclic) bond motifs is 1. The van der Waals surface area contributed by atoms with E-state index in [0.717, 1.165) is 16.5 Å². The molecule has 3 nitrogen and oxygen atoms in total. The number of ether oxygens (including phenoxy) is 1. The van der Waals surface area contributed by atoms with E-state index in [0.29, 0.717) is 27.6 Å². The second-order valence-electron chi connectivity index (χ2n) is 4.88. The van der Waals surface area contributed by atoms with E-state index in [4.69, 9.17) is 32.4 Å². The summed E-state index contributed by atoms with van der Waals surface area (Å²) in [5.41, 5.74) is 3.09. The molecule has 5 heteroatoms. The average Bonchev–Trinajstić information content (AvgIpc) is 2.91. The van der Waals surface area contributed by atoms with Crippen LogP contribution in [-0.2, 0) is 11.2 Å². The molecule has 22 heavy (non-hydrogen) atoms. The molecule has 0 N–H and O–H groups in total. The summed E-state index contributed by atoms with van der Waals surface area (Å²) in [5.74, 6) is -0.376. The lowest BCUT2D eigenvalue weighted by atomic mass is 10.0. The van der Waals surface area contributed by atoms with Gasteiger partial charge in [0.1, 0.15) is 5.58 Å². The molecular formula is C17H12Cl2O3. The van der Waals surface area contributed by atoms with Gasteiger partial charge < -0.3 is 9.15 Å². The van der Waals surface area contributed by atoms with E-state index in [2.05, 4.69) is 0 Å². The molecular weight excluding hydrogens is 323 g/mol. The number of benzene rings is 2. The van der Waals surface area contributed by atoms with E-state index in [1.807, 2.05) is 6.07 Å². The first kappa shape index (κ1) is 14.9. The van der Waals surface area contributed by atoms with Crippen molar-refractivity contribution in [3.8, 4) is 0 Å². The highest BCUT2D eigenvalue weighted by Crippen LogP contribution is 2.28. The molecule has 0 aliphatic rings. The summed E-state index contributed by atoms with van der Waals surface area (Å²) in [6, 6.07) is 10.6. The summed E-state index contributed by atoms with van der Waals surface area (Å²) in [6.07, 6.45) is 2.27. The van der Waals surface area contributed by atoms with Gasteiger partial charge in [0.05, 0.1) is 18.9 Å². The van der Waals surface area contributed by atoms with Crippen LogP contribution < -0.4 is 0 Å². The molecule has 0 aliphatic heterocycles. The average molecular weight is 335 g/mol. The third-order valence-electron chi connectivity index (χ3n) is 3.47. The number of carbonyl (C=O) groups is 1. The minimum Gasteiger partial charge on any atom is -0.465 e. The number of hydrogen-bond donors (Lipinski definition) is 0. The molecule has 3 aromatic rings. The van der Waals surface area contributed by atoms with Crippen molar-refractivity contribution < 1.29 is 13.9 Å².